The molecule has 1 aromatic carbocycles. The van der Waals surface area contributed by atoms with E-state index in [-0.39, 0.29) is 12.5 Å². The summed E-state index contributed by atoms with van der Waals surface area (Å²) < 4.78 is 2.66. The number of anilines is 1. The maximum Gasteiger partial charge on any atom is 0.239 e. The number of rotatable bonds is 5. The van der Waals surface area contributed by atoms with E-state index in [1.165, 1.54) is 5.56 Å². The number of nitrogens with zero attached hydrogens (tertiary/aromatic N) is 2. The Kier molecular flexibility index (Phi) is 3.96. The van der Waals surface area contributed by atoms with Crippen LogP contribution >= 0.6 is 15.9 Å². The highest BCUT2D eigenvalue weighted by atomic mass is 79.9. The van der Waals surface area contributed by atoms with Crippen LogP contribution in [-0.4, -0.2) is 21.7 Å². The maximum absolute atomic E-state index is 10.8. The van der Waals surface area contributed by atoms with E-state index < -0.39 is 0 Å². The molecule has 1 heterocycles. The van der Waals surface area contributed by atoms with Crippen molar-refractivity contribution in [1.82, 2.24) is 9.78 Å². The summed E-state index contributed by atoms with van der Waals surface area (Å²) in [5.41, 5.74) is 7.47. The molecule has 0 bridgehead atoms. The Bertz CT molecular complexity index is 631. The molecular formula is C15H17BrN4O. The van der Waals surface area contributed by atoms with E-state index >= 15 is 0 Å². The Morgan fingerprint density at radius 2 is 2.10 bits per heavy atom. The Morgan fingerprint density at radius 3 is 2.76 bits per heavy atom. The zero-order valence-corrected chi connectivity index (χ0v) is 13.1. The summed E-state index contributed by atoms with van der Waals surface area (Å²) in [6, 6.07) is 8.99. The van der Waals surface area contributed by atoms with E-state index in [1.54, 1.807) is 10.9 Å². The third-order valence-electron chi connectivity index (χ3n) is 3.80. The Hall–Kier alpha value is -1.82. The van der Waals surface area contributed by atoms with Gasteiger partial charge in [-0.3, -0.25) is 9.48 Å². The van der Waals surface area contributed by atoms with Gasteiger partial charge >= 0.3 is 0 Å². The van der Waals surface area contributed by atoms with Crippen molar-refractivity contribution in [2.75, 3.05) is 5.32 Å². The largest absolute Gasteiger partial charge is 0.380 e. The molecule has 1 amide bonds. The lowest BCUT2D eigenvalue weighted by Crippen LogP contribution is -2.33. The quantitative estimate of drug-likeness (QED) is 0.871. The number of aromatic nitrogens is 2. The van der Waals surface area contributed by atoms with Crippen molar-refractivity contribution in [1.29, 1.82) is 0 Å². The van der Waals surface area contributed by atoms with Crippen molar-refractivity contribution >= 4 is 27.5 Å². The molecule has 0 spiro atoms. The lowest BCUT2D eigenvalue weighted by Gasteiger charge is -2.36. The number of primary amides is 1. The number of nitrogens with two attached hydrogens (primary N) is 1. The van der Waals surface area contributed by atoms with E-state index in [1.807, 2.05) is 6.20 Å². The summed E-state index contributed by atoms with van der Waals surface area (Å²) in [5, 5.41) is 7.54. The maximum atomic E-state index is 10.8. The first-order valence-corrected chi connectivity index (χ1v) is 7.72. The van der Waals surface area contributed by atoms with Crippen LogP contribution in [0.4, 0.5) is 5.69 Å². The van der Waals surface area contributed by atoms with E-state index in [4.69, 9.17) is 5.73 Å². The molecular weight excluding hydrogens is 332 g/mol. The number of carbonyl (C=O) groups is 1. The molecule has 5 nitrogen and oxygen atoms in total. The number of benzene rings is 1. The zero-order valence-electron chi connectivity index (χ0n) is 11.5. The van der Waals surface area contributed by atoms with E-state index in [0.29, 0.717) is 12.0 Å². The summed E-state index contributed by atoms with van der Waals surface area (Å²) in [6.07, 6.45) is 5.78. The van der Waals surface area contributed by atoms with Crippen molar-refractivity contribution < 1.29 is 4.79 Å². The predicted octanol–water partition coefficient (Wildman–Crippen LogP) is 2.49. The molecule has 1 aromatic heterocycles. The average Bonchev–Trinajstić information content (AvgIpc) is 2.81. The smallest absolute Gasteiger partial charge is 0.239 e. The first kappa shape index (κ1) is 14.1. The van der Waals surface area contributed by atoms with Gasteiger partial charge in [0.15, 0.2) is 0 Å². The van der Waals surface area contributed by atoms with Gasteiger partial charge < -0.3 is 11.1 Å². The molecule has 1 fully saturated rings. The molecule has 3 rings (SSSR count). The minimum Gasteiger partial charge on any atom is -0.380 e. The van der Waals surface area contributed by atoms with Crippen molar-refractivity contribution in [2.24, 2.45) is 5.73 Å². The number of hydrogen-bond acceptors (Lipinski definition) is 3. The van der Waals surface area contributed by atoms with Crippen molar-refractivity contribution in [3.63, 3.8) is 0 Å². The second-order valence-corrected chi connectivity index (χ2v) is 6.37. The lowest BCUT2D eigenvalue weighted by atomic mass is 9.76. The Morgan fingerprint density at radius 1 is 1.38 bits per heavy atom. The third kappa shape index (κ3) is 3.44. The fourth-order valence-corrected chi connectivity index (χ4v) is 2.93. The van der Waals surface area contributed by atoms with Crippen LogP contribution in [0, 0.1) is 0 Å². The summed E-state index contributed by atoms with van der Waals surface area (Å²) in [4.78, 5) is 10.8. The molecule has 3 N–H and O–H groups in total. The number of halogens is 1. The SMILES string of the molecule is NC(=O)Cn1cc(NC2CC(c3ccc(Br)cc3)C2)cn1. The van der Waals surface area contributed by atoms with Crippen LogP contribution in [0.15, 0.2) is 41.1 Å². The molecule has 1 aliphatic carbocycles. The minimum absolute atomic E-state index is 0.119. The standard InChI is InChI=1S/C15H17BrN4O/c16-12-3-1-10(2-4-12)11-5-13(6-11)19-14-7-18-20(8-14)9-15(17)21/h1-4,7-8,11,13,19H,5-6,9H2,(H2,17,21). The molecule has 0 aliphatic heterocycles. The highest BCUT2D eigenvalue weighted by Gasteiger charge is 2.30. The van der Waals surface area contributed by atoms with Crippen LogP contribution in [0.3, 0.4) is 0 Å². The Balaban J connectivity index is 1.51. The Labute approximate surface area is 131 Å². The van der Waals surface area contributed by atoms with Crippen LogP contribution in [0.1, 0.15) is 24.3 Å². The van der Waals surface area contributed by atoms with Crippen LogP contribution in [0.2, 0.25) is 0 Å². The number of amides is 1. The van der Waals surface area contributed by atoms with Gasteiger partial charge in [0, 0.05) is 16.7 Å². The van der Waals surface area contributed by atoms with Crippen LogP contribution < -0.4 is 11.1 Å². The monoisotopic (exact) mass is 348 g/mol. The average molecular weight is 349 g/mol. The number of hydrogen-bond donors (Lipinski definition) is 2. The molecule has 0 radical (unpaired) electrons. The van der Waals surface area contributed by atoms with Crippen LogP contribution in [-0.2, 0) is 11.3 Å². The molecule has 0 atom stereocenters. The highest BCUT2D eigenvalue weighted by Crippen LogP contribution is 2.38. The first-order chi connectivity index (χ1) is 10.1. The molecule has 0 unspecified atom stereocenters. The third-order valence-corrected chi connectivity index (χ3v) is 4.33. The van der Waals surface area contributed by atoms with Gasteiger partial charge in [-0.1, -0.05) is 28.1 Å². The summed E-state index contributed by atoms with van der Waals surface area (Å²) in [5.74, 6) is 0.236. The molecule has 0 saturated heterocycles. The molecule has 1 aliphatic rings. The molecule has 2 aromatic rings. The predicted molar refractivity (Wildman–Crippen MR) is 84.9 cm³/mol. The van der Waals surface area contributed by atoms with Crippen molar-refractivity contribution in [3.05, 3.63) is 46.7 Å². The van der Waals surface area contributed by atoms with Gasteiger partial charge in [0.25, 0.3) is 0 Å². The minimum atomic E-state index is -0.386. The zero-order chi connectivity index (χ0) is 14.8. The molecule has 1 saturated carbocycles. The summed E-state index contributed by atoms with van der Waals surface area (Å²) >= 11 is 3.46. The fourth-order valence-electron chi connectivity index (χ4n) is 2.66. The molecule has 110 valence electrons. The first-order valence-electron chi connectivity index (χ1n) is 6.93. The van der Waals surface area contributed by atoms with Crippen molar-refractivity contribution in [2.45, 2.75) is 31.3 Å². The van der Waals surface area contributed by atoms with E-state index in [0.717, 1.165) is 23.0 Å². The lowest BCUT2D eigenvalue weighted by molar-refractivity contribution is -0.118. The molecule has 21 heavy (non-hydrogen) atoms. The van der Waals surface area contributed by atoms with Gasteiger partial charge in [-0.25, -0.2) is 0 Å². The number of carbonyl (C=O) groups excluding carboxylic acids is 1. The van der Waals surface area contributed by atoms with E-state index in [9.17, 15) is 4.79 Å². The summed E-state index contributed by atoms with van der Waals surface area (Å²) in [7, 11) is 0. The van der Waals surface area contributed by atoms with Gasteiger partial charge in [0.1, 0.15) is 6.54 Å². The fraction of sp³-hybridized carbons (Fsp3) is 0.333. The normalized spacial score (nSPS) is 20.8. The van der Waals surface area contributed by atoms with Gasteiger partial charge in [-0.15, -0.1) is 0 Å². The number of nitrogens with one attached hydrogen (secondary N) is 1. The highest BCUT2D eigenvalue weighted by molar-refractivity contribution is 9.10. The van der Waals surface area contributed by atoms with Gasteiger partial charge in [-0.2, -0.15) is 5.10 Å². The van der Waals surface area contributed by atoms with Crippen LogP contribution in [0.25, 0.3) is 0 Å². The second kappa shape index (κ2) is 5.89. The van der Waals surface area contributed by atoms with Gasteiger partial charge in [0.05, 0.1) is 11.9 Å². The molecule has 6 heteroatoms. The van der Waals surface area contributed by atoms with Crippen molar-refractivity contribution in [3.8, 4) is 0 Å². The second-order valence-electron chi connectivity index (χ2n) is 5.45. The summed E-state index contributed by atoms with van der Waals surface area (Å²) in [6.45, 7) is 0.119. The van der Waals surface area contributed by atoms with Gasteiger partial charge in [-0.05, 0) is 36.5 Å². The van der Waals surface area contributed by atoms with Crippen LogP contribution in [0.5, 0.6) is 0 Å². The van der Waals surface area contributed by atoms with Gasteiger partial charge in [0.2, 0.25) is 5.91 Å². The van der Waals surface area contributed by atoms with E-state index in [2.05, 4.69) is 50.6 Å². The topological polar surface area (TPSA) is 72.9 Å².